The molecule has 2 heterocycles. The van der Waals surface area contributed by atoms with Gasteiger partial charge in [0.25, 0.3) is 6.02 Å². The molecule has 1 aromatic rings. The molecular weight excluding hydrogens is 366 g/mol. The highest BCUT2D eigenvalue weighted by atomic mass is 16.5. The molecular formula is C23H31N3O3. The highest BCUT2D eigenvalue weighted by Gasteiger charge is 2.56. The Morgan fingerprint density at radius 1 is 1.24 bits per heavy atom. The Kier molecular flexibility index (Phi) is 4.13. The molecule has 1 aromatic carbocycles. The number of fused-ring (bicyclic) bond motifs is 4. The van der Waals surface area contributed by atoms with Crippen LogP contribution in [0.2, 0.25) is 0 Å². The number of nitrogens with one attached hydrogen (secondary N) is 1. The lowest BCUT2D eigenvalue weighted by Crippen LogP contribution is -2.55. The standard InChI is InChI=1S/C23H31N3O3/c1-22(2,3)20(27)25-15-7-9-19-17(11-15)23(12-28-21(24)26-23)16-10-14(13-4-5-13)6-8-18(16)29-19/h6,8,10,13,15,17,19H,4-5,7,9,11-12H2,1-3H3,(H2,24,26)(H,25,27)/t15-,17+,19+,23-/m1/s1. The van der Waals surface area contributed by atoms with Gasteiger partial charge < -0.3 is 20.5 Å². The number of hydrogen-bond acceptors (Lipinski definition) is 5. The van der Waals surface area contributed by atoms with Crippen LogP contribution in [-0.2, 0) is 15.1 Å². The van der Waals surface area contributed by atoms with Crippen LogP contribution < -0.4 is 15.8 Å². The van der Waals surface area contributed by atoms with Crippen molar-refractivity contribution in [3.05, 3.63) is 29.3 Å². The van der Waals surface area contributed by atoms with Gasteiger partial charge in [0.05, 0.1) is 0 Å². The molecule has 6 nitrogen and oxygen atoms in total. The van der Waals surface area contributed by atoms with E-state index in [1.165, 1.54) is 18.4 Å². The third-order valence-electron chi connectivity index (χ3n) is 6.96. The maximum atomic E-state index is 12.6. The Labute approximate surface area is 172 Å². The van der Waals surface area contributed by atoms with E-state index in [0.29, 0.717) is 12.5 Å². The molecule has 156 valence electrons. The lowest BCUT2D eigenvalue weighted by molar-refractivity contribution is -0.130. The van der Waals surface area contributed by atoms with Gasteiger partial charge in [0.15, 0.2) is 0 Å². The number of amidine groups is 1. The van der Waals surface area contributed by atoms with Crippen molar-refractivity contribution >= 4 is 11.9 Å². The number of hydrogen-bond donors (Lipinski definition) is 2. The molecule has 4 aliphatic rings. The molecule has 0 bridgehead atoms. The van der Waals surface area contributed by atoms with E-state index in [-0.39, 0.29) is 30.0 Å². The summed E-state index contributed by atoms with van der Waals surface area (Å²) in [6, 6.07) is 6.95. The minimum atomic E-state index is -0.516. The monoisotopic (exact) mass is 397 g/mol. The highest BCUT2D eigenvalue weighted by molar-refractivity contribution is 5.81. The summed E-state index contributed by atoms with van der Waals surface area (Å²) in [7, 11) is 0. The van der Waals surface area contributed by atoms with Crippen LogP contribution in [0, 0.1) is 11.3 Å². The van der Waals surface area contributed by atoms with Crippen molar-refractivity contribution in [1.29, 1.82) is 0 Å². The Balaban J connectivity index is 1.49. The number of nitrogens with two attached hydrogens (primary N) is 1. The van der Waals surface area contributed by atoms with Crippen LogP contribution in [0.15, 0.2) is 23.2 Å². The van der Waals surface area contributed by atoms with Gasteiger partial charge in [-0.15, -0.1) is 0 Å². The molecule has 2 aliphatic heterocycles. The molecule has 1 amide bonds. The van der Waals surface area contributed by atoms with Crippen LogP contribution in [0.3, 0.4) is 0 Å². The zero-order valence-electron chi connectivity index (χ0n) is 17.5. The number of aliphatic imine (C=N–C) groups is 1. The third kappa shape index (κ3) is 3.17. The maximum Gasteiger partial charge on any atom is 0.283 e. The maximum absolute atomic E-state index is 12.6. The van der Waals surface area contributed by atoms with E-state index in [1.54, 1.807) is 0 Å². The second-order valence-electron chi connectivity index (χ2n) is 10.2. The highest BCUT2D eigenvalue weighted by Crippen LogP contribution is 2.53. The van der Waals surface area contributed by atoms with E-state index < -0.39 is 11.0 Å². The average molecular weight is 398 g/mol. The number of benzene rings is 1. The molecule has 0 saturated heterocycles. The second-order valence-corrected chi connectivity index (χ2v) is 10.2. The molecule has 5 rings (SSSR count). The van der Waals surface area contributed by atoms with Crippen molar-refractivity contribution in [3.63, 3.8) is 0 Å². The van der Waals surface area contributed by atoms with Crippen LogP contribution in [0.5, 0.6) is 5.75 Å². The van der Waals surface area contributed by atoms with Gasteiger partial charge in [-0.2, -0.15) is 0 Å². The fourth-order valence-electron chi connectivity index (χ4n) is 5.11. The fraction of sp³-hybridized carbons (Fsp3) is 0.652. The Hall–Kier alpha value is -2.24. The summed E-state index contributed by atoms with van der Waals surface area (Å²) in [4.78, 5) is 17.4. The summed E-state index contributed by atoms with van der Waals surface area (Å²) in [5.41, 5.74) is 7.57. The van der Waals surface area contributed by atoms with E-state index in [4.69, 9.17) is 20.2 Å². The summed E-state index contributed by atoms with van der Waals surface area (Å²) in [5.74, 6) is 1.79. The summed E-state index contributed by atoms with van der Waals surface area (Å²) >= 11 is 0. The van der Waals surface area contributed by atoms with Crippen molar-refractivity contribution in [1.82, 2.24) is 5.32 Å². The first-order valence-corrected chi connectivity index (χ1v) is 10.9. The van der Waals surface area contributed by atoms with Gasteiger partial charge in [0.2, 0.25) is 5.91 Å². The molecule has 2 fully saturated rings. The smallest absolute Gasteiger partial charge is 0.283 e. The van der Waals surface area contributed by atoms with Crippen LogP contribution in [0.4, 0.5) is 0 Å². The van der Waals surface area contributed by atoms with Crippen molar-refractivity contribution in [2.24, 2.45) is 22.1 Å². The third-order valence-corrected chi connectivity index (χ3v) is 6.96. The number of amides is 1. The first-order chi connectivity index (χ1) is 13.8. The predicted octanol–water partition coefficient (Wildman–Crippen LogP) is 3.20. The van der Waals surface area contributed by atoms with Gasteiger partial charge in [0.1, 0.15) is 24.0 Å². The average Bonchev–Trinajstić information content (AvgIpc) is 3.45. The summed E-state index contributed by atoms with van der Waals surface area (Å²) in [5, 5.41) is 3.26. The number of carbonyl (C=O) groups excluding carboxylic acids is 1. The SMILES string of the molecule is CC(C)(C)C(=O)N[C@@H]1CC[C@@H]2Oc3ccc(C4CC4)cc3[C@]3(COC(N)=N3)[C@H]2C1. The molecule has 4 atom stereocenters. The first-order valence-electron chi connectivity index (χ1n) is 10.9. The van der Waals surface area contributed by atoms with Gasteiger partial charge in [-0.05, 0) is 55.7 Å². The molecule has 0 aromatic heterocycles. The largest absolute Gasteiger partial charge is 0.490 e. The Bertz CT molecular complexity index is 871. The van der Waals surface area contributed by atoms with Gasteiger partial charge in [-0.3, -0.25) is 4.79 Å². The van der Waals surface area contributed by atoms with Crippen LogP contribution >= 0.6 is 0 Å². The predicted molar refractivity (Wildman–Crippen MR) is 111 cm³/mol. The van der Waals surface area contributed by atoms with Crippen molar-refractivity contribution in [2.45, 2.75) is 76.5 Å². The van der Waals surface area contributed by atoms with E-state index >= 15 is 0 Å². The van der Waals surface area contributed by atoms with Crippen molar-refractivity contribution in [3.8, 4) is 5.75 Å². The van der Waals surface area contributed by atoms with E-state index in [0.717, 1.165) is 30.6 Å². The van der Waals surface area contributed by atoms with Gasteiger partial charge in [-0.1, -0.05) is 26.8 Å². The molecule has 3 N–H and O–H groups in total. The van der Waals surface area contributed by atoms with E-state index in [2.05, 4.69) is 23.5 Å². The molecule has 29 heavy (non-hydrogen) atoms. The zero-order chi connectivity index (χ0) is 20.4. The topological polar surface area (TPSA) is 85.9 Å². The lowest BCUT2D eigenvalue weighted by atomic mass is 9.67. The van der Waals surface area contributed by atoms with Crippen molar-refractivity contribution < 1.29 is 14.3 Å². The van der Waals surface area contributed by atoms with Gasteiger partial charge in [0, 0.05) is 22.9 Å². The minimum absolute atomic E-state index is 0.0651. The molecule has 6 heteroatoms. The van der Waals surface area contributed by atoms with Gasteiger partial charge in [-0.25, -0.2) is 4.99 Å². The number of nitrogens with zero attached hydrogens (tertiary/aromatic N) is 1. The van der Waals surface area contributed by atoms with Gasteiger partial charge >= 0.3 is 0 Å². The minimum Gasteiger partial charge on any atom is -0.490 e. The number of carbonyl (C=O) groups is 1. The summed E-state index contributed by atoms with van der Waals surface area (Å²) < 4.78 is 12.2. The van der Waals surface area contributed by atoms with E-state index in [1.807, 2.05) is 20.8 Å². The molecule has 1 spiro atoms. The molecule has 0 radical (unpaired) electrons. The first kappa shape index (κ1) is 18.8. The number of rotatable bonds is 2. The summed E-state index contributed by atoms with van der Waals surface area (Å²) in [6.45, 7) is 6.30. The fourth-order valence-corrected chi connectivity index (χ4v) is 5.11. The zero-order valence-corrected chi connectivity index (χ0v) is 17.5. The van der Waals surface area contributed by atoms with Crippen LogP contribution in [-0.4, -0.2) is 30.7 Å². The number of ether oxygens (including phenoxy) is 2. The van der Waals surface area contributed by atoms with Crippen molar-refractivity contribution in [2.75, 3.05) is 6.61 Å². The Morgan fingerprint density at radius 2 is 2.03 bits per heavy atom. The van der Waals surface area contributed by atoms with Crippen LogP contribution in [0.25, 0.3) is 0 Å². The quantitative estimate of drug-likeness (QED) is 0.802. The molecule has 2 aliphatic carbocycles. The van der Waals surface area contributed by atoms with E-state index in [9.17, 15) is 4.79 Å². The molecule has 2 saturated carbocycles. The normalized spacial score (nSPS) is 33.2. The van der Waals surface area contributed by atoms with Crippen LogP contribution in [0.1, 0.15) is 69.9 Å². The second kappa shape index (κ2) is 6.38. The summed E-state index contributed by atoms with van der Waals surface area (Å²) in [6.07, 6.45) is 5.19. The lowest BCUT2D eigenvalue weighted by Gasteiger charge is -2.48. The molecule has 0 unspecified atom stereocenters. The Morgan fingerprint density at radius 3 is 2.69 bits per heavy atom.